The van der Waals surface area contributed by atoms with Gasteiger partial charge in [-0.3, -0.25) is 0 Å². The summed E-state index contributed by atoms with van der Waals surface area (Å²) in [4.78, 5) is 0. The second-order valence-corrected chi connectivity index (χ2v) is 5.15. The third-order valence-electron chi connectivity index (χ3n) is 3.70. The van der Waals surface area contributed by atoms with Gasteiger partial charge in [0.25, 0.3) is 0 Å². The normalized spacial score (nSPS) is 18.1. The highest BCUT2D eigenvalue weighted by atomic mass is 16.5. The summed E-state index contributed by atoms with van der Waals surface area (Å²) >= 11 is 0. The lowest BCUT2D eigenvalue weighted by molar-refractivity contribution is 0.0212. The Kier molecular flexibility index (Phi) is 5.17. The summed E-state index contributed by atoms with van der Waals surface area (Å²) in [5.74, 6) is 0.705. The minimum atomic E-state index is -0.529. The summed E-state index contributed by atoms with van der Waals surface area (Å²) < 4.78 is 5.62. The summed E-state index contributed by atoms with van der Waals surface area (Å²) in [6.45, 7) is 1.71. The molecule has 3 heteroatoms. The van der Waals surface area contributed by atoms with Crippen molar-refractivity contribution in [1.82, 2.24) is 0 Å². The van der Waals surface area contributed by atoms with Crippen LogP contribution in [0.15, 0.2) is 24.3 Å². The molecule has 0 spiro atoms. The van der Waals surface area contributed by atoms with Crippen molar-refractivity contribution in [1.29, 1.82) is 0 Å². The minimum Gasteiger partial charge on any atom is -0.386 e. The molecule has 1 fully saturated rings. The molecule has 1 aliphatic rings. The van der Waals surface area contributed by atoms with E-state index >= 15 is 0 Å². The van der Waals surface area contributed by atoms with Crippen LogP contribution in [0.25, 0.3) is 0 Å². The van der Waals surface area contributed by atoms with Gasteiger partial charge in [0.15, 0.2) is 0 Å². The van der Waals surface area contributed by atoms with Crippen molar-refractivity contribution in [2.75, 3.05) is 13.2 Å². The first-order valence-corrected chi connectivity index (χ1v) is 6.84. The lowest BCUT2D eigenvalue weighted by Gasteiger charge is -2.14. The van der Waals surface area contributed by atoms with Gasteiger partial charge in [-0.2, -0.15) is 0 Å². The van der Waals surface area contributed by atoms with Gasteiger partial charge < -0.3 is 15.6 Å². The third-order valence-corrected chi connectivity index (χ3v) is 3.70. The standard InChI is InChI=1S/C15H23NO2/c16-9-12-5-7-14(8-6-12)15(17)11-18-10-13-3-1-2-4-13/h5-8,13,15,17H,1-4,9-11,16H2. The van der Waals surface area contributed by atoms with Crippen molar-refractivity contribution in [2.24, 2.45) is 11.7 Å². The van der Waals surface area contributed by atoms with Gasteiger partial charge in [-0.25, -0.2) is 0 Å². The van der Waals surface area contributed by atoms with Gasteiger partial charge in [-0.15, -0.1) is 0 Å². The topological polar surface area (TPSA) is 55.5 Å². The van der Waals surface area contributed by atoms with Crippen LogP contribution < -0.4 is 5.73 Å². The van der Waals surface area contributed by atoms with Crippen LogP contribution in [0.3, 0.4) is 0 Å². The molecule has 1 unspecified atom stereocenters. The summed E-state index contributed by atoms with van der Waals surface area (Å²) in [7, 11) is 0. The second-order valence-electron chi connectivity index (χ2n) is 5.15. The quantitative estimate of drug-likeness (QED) is 0.814. The van der Waals surface area contributed by atoms with E-state index in [2.05, 4.69) is 0 Å². The molecule has 1 aromatic carbocycles. The summed E-state index contributed by atoms with van der Waals surface area (Å²) in [6.07, 6.45) is 4.69. The smallest absolute Gasteiger partial charge is 0.102 e. The van der Waals surface area contributed by atoms with Gasteiger partial charge >= 0.3 is 0 Å². The van der Waals surface area contributed by atoms with Crippen LogP contribution in [0.5, 0.6) is 0 Å². The first kappa shape index (κ1) is 13.5. The third kappa shape index (κ3) is 3.80. The van der Waals surface area contributed by atoms with Crippen molar-refractivity contribution in [3.05, 3.63) is 35.4 Å². The van der Waals surface area contributed by atoms with Crippen LogP contribution in [-0.2, 0) is 11.3 Å². The fourth-order valence-electron chi connectivity index (χ4n) is 2.50. The lowest BCUT2D eigenvalue weighted by atomic mass is 10.1. The number of hydrogen-bond donors (Lipinski definition) is 2. The number of aliphatic hydroxyl groups excluding tert-OH is 1. The van der Waals surface area contributed by atoms with E-state index in [1.165, 1.54) is 25.7 Å². The number of aliphatic hydroxyl groups is 1. The SMILES string of the molecule is NCc1ccc(C(O)COCC2CCCC2)cc1. The average molecular weight is 249 g/mol. The largest absolute Gasteiger partial charge is 0.386 e. The Morgan fingerprint density at radius 2 is 1.89 bits per heavy atom. The number of nitrogens with two attached hydrogens (primary N) is 1. The Balaban J connectivity index is 1.74. The molecule has 0 radical (unpaired) electrons. The number of hydrogen-bond acceptors (Lipinski definition) is 3. The summed E-state index contributed by atoms with van der Waals surface area (Å²) in [6, 6.07) is 7.75. The number of ether oxygens (including phenoxy) is 1. The Morgan fingerprint density at radius 3 is 2.50 bits per heavy atom. The van der Waals surface area contributed by atoms with E-state index in [1.807, 2.05) is 24.3 Å². The first-order chi connectivity index (χ1) is 8.79. The molecule has 0 bridgehead atoms. The molecule has 1 aromatic rings. The molecule has 1 atom stereocenters. The zero-order valence-corrected chi connectivity index (χ0v) is 10.8. The van der Waals surface area contributed by atoms with Gasteiger partial charge in [0.05, 0.1) is 6.61 Å². The highest BCUT2D eigenvalue weighted by Crippen LogP contribution is 2.25. The second kappa shape index (κ2) is 6.88. The Labute approximate surface area is 109 Å². The van der Waals surface area contributed by atoms with E-state index in [-0.39, 0.29) is 0 Å². The molecule has 0 aliphatic heterocycles. The van der Waals surface area contributed by atoms with Crippen molar-refractivity contribution in [2.45, 2.75) is 38.3 Å². The van der Waals surface area contributed by atoms with E-state index in [9.17, 15) is 5.11 Å². The van der Waals surface area contributed by atoms with Crippen LogP contribution in [0, 0.1) is 5.92 Å². The monoisotopic (exact) mass is 249 g/mol. The molecular formula is C15H23NO2. The van der Waals surface area contributed by atoms with Crippen LogP contribution >= 0.6 is 0 Å². The molecule has 0 heterocycles. The van der Waals surface area contributed by atoms with E-state index in [0.717, 1.165) is 17.7 Å². The molecule has 0 saturated heterocycles. The Hall–Kier alpha value is -0.900. The minimum absolute atomic E-state index is 0.387. The molecule has 0 amide bonds. The van der Waals surface area contributed by atoms with Crippen LogP contribution in [0.1, 0.15) is 42.9 Å². The van der Waals surface area contributed by atoms with E-state index in [0.29, 0.717) is 19.1 Å². The zero-order valence-electron chi connectivity index (χ0n) is 10.8. The van der Waals surface area contributed by atoms with Crippen molar-refractivity contribution >= 4 is 0 Å². The maximum atomic E-state index is 10.0. The Morgan fingerprint density at radius 1 is 1.22 bits per heavy atom. The van der Waals surface area contributed by atoms with E-state index in [1.54, 1.807) is 0 Å². The first-order valence-electron chi connectivity index (χ1n) is 6.84. The zero-order chi connectivity index (χ0) is 12.8. The average Bonchev–Trinajstić information content (AvgIpc) is 2.92. The summed E-state index contributed by atoms with van der Waals surface area (Å²) in [5, 5.41) is 10.0. The maximum absolute atomic E-state index is 10.0. The van der Waals surface area contributed by atoms with Gasteiger partial charge in [0.1, 0.15) is 6.10 Å². The molecule has 1 saturated carbocycles. The molecule has 2 rings (SSSR count). The van der Waals surface area contributed by atoms with Crippen LogP contribution in [0.2, 0.25) is 0 Å². The number of benzene rings is 1. The van der Waals surface area contributed by atoms with Crippen molar-refractivity contribution < 1.29 is 9.84 Å². The van der Waals surface area contributed by atoms with E-state index < -0.39 is 6.10 Å². The van der Waals surface area contributed by atoms with E-state index in [4.69, 9.17) is 10.5 Å². The molecule has 18 heavy (non-hydrogen) atoms. The molecule has 0 aromatic heterocycles. The highest BCUT2D eigenvalue weighted by Gasteiger charge is 2.16. The number of rotatable bonds is 6. The summed E-state index contributed by atoms with van der Waals surface area (Å²) in [5.41, 5.74) is 7.52. The van der Waals surface area contributed by atoms with Gasteiger partial charge in [0, 0.05) is 13.2 Å². The predicted octanol–water partition coefficient (Wildman–Crippen LogP) is 2.39. The highest BCUT2D eigenvalue weighted by molar-refractivity contribution is 5.23. The Bertz CT molecular complexity index is 344. The molecule has 1 aliphatic carbocycles. The maximum Gasteiger partial charge on any atom is 0.102 e. The van der Waals surface area contributed by atoms with Gasteiger partial charge in [-0.05, 0) is 29.9 Å². The molecule has 3 N–H and O–H groups in total. The van der Waals surface area contributed by atoms with Crippen molar-refractivity contribution in [3.8, 4) is 0 Å². The molecular weight excluding hydrogens is 226 g/mol. The molecule has 3 nitrogen and oxygen atoms in total. The van der Waals surface area contributed by atoms with Gasteiger partial charge in [-0.1, -0.05) is 37.1 Å². The van der Waals surface area contributed by atoms with Crippen molar-refractivity contribution in [3.63, 3.8) is 0 Å². The molecule has 100 valence electrons. The fourth-order valence-corrected chi connectivity index (χ4v) is 2.50. The fraction of sp³-hybridized carbons (Fsp3) is 0.600. The van der Waals surface area contributed by atoms with Gasteiger partial charge in [0.2, 0.25) is 0 Å². The van der Waals surface area contributed by atoms with Crippen LogP contribution in [-0.4, -0.2) is 18.3 Å². The lowest BCUT2D eigenvalue weighted by Crippen LogP contribution is -2.12. The van der Waals surface area contributed by atoms with Crippen LogP contribution in [0.4, 0.5) is 0 Å². The predicted molar refractivity (Wildman–Crippen MR) is 72.1 cm³/mol.